The molecule has 0 bridgehead atoms. The van der Waals surface area contributed by atoms with Crippen molar-refractivity contribution in [2.45, 2.75) is 6.04 Å². The molecular formula is C22H17NS. The van der Waals surface area contributed by atoms with Crippen molar-refractivity contribution in [1.29, 1.82) is 0 Å². The first kappa shape index (κ1) is 15.0. The number of thioether (sulfide) groups is 1. The third-order valence-corrected chi connectivity index (χ3v) is 5.09. The molecule has 0 aromatic heterocycles. The summed E-state index contributed by atoms with van der Waals surface area (Å²) >= 11 is 1.77. The minimum absolute atomic E-state index is 0.0756. The molecule has 0 fully saturated rings. The summed E-state index contributed by atoms with van der Waals surface area (Å²) in [4.78, 5) is 6.29. The van der Waals surface area contributed by atoms with E-state index < -0.39 is 0 Å². The fourth-order valence-electron chi connectivity index (χ4n) is 2.78. The molecule has 1 heterocycles. The van der Waals surface area contributed by atoms with Gasteiger partial charge in [-0.2, -0.15) is 0 Å². The van der Waals surface area contributed by atoms with Crippen LogP contribution in [0.4, 0.5) is 0 Å². The van der Waals surface area contributed by atoms with Crippen LogP contribution in [0.1, 0.15) is 22.7 Å². The number of rotatable bonds is 3. The molecule has 1 atom stereocenters. The first-order valence-electron chi connectivity index (χ1n) is 8.03. The lowest BCUT2D eigenvalue weighted by Crippen LogP contribution is -1.93. The van der Waals surface area contributed by atoms with Crippen LogP contribution in [0, 0.1) is 0 Å². The Balaban J connectivity index is 1.75. The molecule has 3 aromatic carbocycles. The quantitative estimate of drug-likeness (QED) is 0.578. The maximum absolute atomic E-state index is 5.02. The van der Waals surface area contributed by atoms with Crippen molar-refractivity contribution in [3.05, 3.63) is 113 Å². The predicted molar refractivity (Wildman–Crippen MR) is 104 cm³/mol. The highest BCUT2D eigenvalue weighted by Gasteiger charge is 2.26. The van der Waals surface area contributed by atoms with Crippen LogP contribution in [0.3, 0.4) is 0 Å². The summed E-state index contributed by atoms with van der Waals surface area (Å²) in [5.41, 5.74) is 3.63. The van der Waals surface area contributed by atoms with Crippen LogP contribution in [0.15, 0.2) is 101 Å². The zero-order valence-corrected chi connectivity index (χ0v) is 14.0. The molecule has 0 radical (unpaired) electrons. The SMILES string of the molecule is C(=C1\SC(c2ccccc2)=N[C@H]1c1ccccc1)/c1ccccc1. The molecule has 0 N–H and O–H groups in total. The van der Waals surface area contributed by atoms with Crippen LogP contribution in [0.2, 0.25) is 0 Å². The summed E-state index contributed by atoms with van der Waals surface area (Å²) in [5, 5.41) is 1.09. The van der Waals surface area contributed by atoms with E-state index in [0.717, 1.165) is 5.04 Å². The zero-order valence-electron chi connectivity index (χ0n) is 13.2. The Morgan fingerprint density at radius 1 is 0.708 bits per heavy atom. The van der Waals surface area contributed by atoms with Gasteiger partial charge in [0.25, 0.3) is 0 Å². The summed E-state index contributed by atoms with van der Waals surface area (Å²) < 4.78 is 0. The van der Waals surface area contributed by atoms with Crippen LogP contribution < -0.4 is 0 Å². The van der Waals surface area contributed by atoms with Crippen LogP contribution in [-0.4, -0.2) is 5.04 Å². The van der Waals surface area contributed by atoms with Crippen LogP contribution >= 0.6 is 11.8 Å². The molecule has 2 heteroatoms. The smallest absolute Gasteiger partial charge is 0.108 e. The van der Waals surface area contributed by atoms with E-state index in [9.17, 15) is 0 Å². The van der Waals surface area contributed by atoms with Crippen molar-refractivity contribution in [3.8, 4) is 0 Å². The van der Waals surface area contributed by atoms with Gasteiger partial charge in [0.05, 0.1) is 0 Å². The van der Waals surface area contributed by atoms with E-state index >= 15 is 0 Å². The molecule has 1 aliphatic rings. The fraction of sp³-hybridized carbons (Fsp3) is 0.0455. The van der Waals surface area contributed by atoms with Gasteiger partial charge in [-0.05, 0) is 17.2 Å². The molecule has 1 aliphatic heterocycles. The molecule has 116 valence electrons. The van der Waals surface area contributed by atoms with E-state index in [1.807, 2.05) is 18.2 Å². The minimum Gasteiger partial charge on any atom is -0.264 e. The van der Waals surface area contributed by atoms with E-state index in [0.29, 0.717) is 0 Å². The summed E-state index contributed by atoms with van der Waals surface area (Å²) in [7, 11) is 0. The Morgan fingerprint density at radius 2 is 1.29 bits per heavy atom. The van der Waals surface area contributed by atoms with Crippen molar-refractivity contribution >= 4 is 22.9 Å². The van der Waals surface area contributed by atoms with E-state index in [-0.39, 0.29) is 6.04 Å². The molecule has 0 amide bonds. The third kappa shape index (κ3) is 3.19. The molecule has 0 unspecified atom stereocenters. The summed E-state index contributed by atoms with van der Waals surface area (Å²) in [6.07, 6.45) is 2.25. The summed E-state index contributed by atoms with van der Waals surface area (Å²) in [5.74, 6) is 0. The van der Waals surface area contributed by atoms with E-state index in [4.69, 9.17) is 4.99 Å². The minimum atomic E-state index is 0.0756. The van der Waals surface area contributed by atoms with Crippen molar-refractivity contribution in [2.24, 2.45) is 4.99 Å². The normalized spacial score (nSPS) is 18.6. The average Bonchev–Trinajstić information content (AvgIpc) is 3.08. The van der Waals surface area contributed by atoms with Crippen LogP contribution in [0.25, 0.3) is 6.08 Å². The second kappa shape index (κ2) is 6.90. The Labute approximate surface area is 146 Å². The average molecular weight is 327 g/mol. The number of nitrogens with zero attached hydrogens (tertiary/aromatic N) is 1. The van der Waals surface area contributed by atoms with Crippen molar-refractivity contribution in [3.63, 3.8) is 0 Å². The highest BCUT2D eigenvalue weighted by atomic mass is 32.2. The molecule has 4 rings (SSSR count). The lowest BCUT2D eigenvalue weighted by Gasteiger charge is -2.09. The molecule has 0 spiro atoms. The number of aliphatic imine (C=N–C) groups is 1. The third-order valence-electron chi connectivity index (χ3n) is 3.97. The number of benzene rings is 3. The van der Waals surface area contributed by atoms with Gasteiger partial charge in [0.2, 0.25) is 0 Å². The highest BCUT2D eigenvalue weighted by Crippen LogP contribution is 2.43. The molecule has 3 aromatic rings. The predicted octanol–water partition coefficient (Wildman–Crippen LogP) is 5.96. The van der Waals surface area contributed by atoms with Crippen molar-refractivity contribution < 1.29 is 0 Å². The molecular weight excluding hydrogens is 310 g/mol. The second-order valence-electron chi connectivity index (χ2n) is 5.67. The lowest BCUT2D eigenvalue weighted by molar-refractivity contribution is 0.917. The molecule has 24 heavy (non-hydrogen) atoms. The van der Waals surface area contributed by atoms with Gasteiger partial charge in [-0.15, -0.1) is 0 Å². The van der Waals surface area contributed by atoms with E-state index in [1.165, 1.54) is 21.6 Å². The monoisotopic (exact) mass is 327 g/mol. The Bertz CT molecular complexity index is 868. The summed E-state index contributed by atoms with van der Waals surface area (Å²) in [6.45, 7) is 0. The highest BCUT2D eigenvalue weighted by molar-refractivity contribution is 8.18. The van der Waals surface area contributed by atoms with Crippen molar-refractivity contribution in [2.75, 3.05) is 0 Å². The van der Waals surface area contributed by atoms with E-state index in [1.54, 1.807) is 11.8 Å². The van der Waals surface area contributed by atoms with Gasteiger partial charge in [-0.1, -0.05) is 103 Å². The van der Waals surface area contributed by atoms with Gasteiger partial charge in [0.15, 0.2) is 0 Å². The number of hydrogen-bond acceptors (Lipinski definition) is 2. The Hall–Kier alpha value is -2.58. The lowest BCUT2D eigenvalue weighted by atomic mass is 10.1. The summed E-state index contributed by atoms with van der Waals surface area (Å²) in [6, 6.07) is 31.5. The Kier molecular flexibility index (Phi) is 4.30. The van der Waals surface area contributed by atoms with E-state index in [2.05, 4.69) is 78.9 Å². The van der Waals surface area contributed by atoms with Crippen LogP contribution in [-0.2, 0) is 0 Å². The fourth-order valence-corrected chi connectivity index (χ4v) is 3.92. The largest absolute Gasteiger partial charge is 0.264 e. The van der Waals surface area contributed by atoms with Gasteiger partial charge in [0.1, 0.15) is 11.1 Å². The first-order valence-corrected chi connectivity index (χ1v) is 8.84. The standard InChI is InChI=1S/C22H17NS/c1-4-10-17(11-5-1)16-20-21(18-12-6-2-7-13-18)23-22(24-20)19-14-8-3-9-15-19/h1-16,21H/b20-16+/t21-/m0/s1. The maximum Gasteiger partial charge on any atom is 0.108 e. The molecule has 0 aliphatic carbocycles. The van der Waals surface area contributed by atoms with Gasteiger partial charge >= 0.3 is 0 Å². The van der Waals surface area contributed by atoms with Gasteiger partial charge in [0, 0.05) is 10.5 Å². The first-order chi connectivity index (χ1) is 11.9. The Morgan fingerprint density at radius 3 is 1.96 bits per heavy atom. The van der Waals surface area contributed by atoms with Gasteiger partial charge < -0.3 is 0 Å². The number of hydrogen-bond donors (Lipinski definition) is 0. The van der Waals surface area contributed by atoms with Crippen molar-refractivity contribution in [1.82, 2.24) is 0 Å². The van der Waals surface area contributed by atoms with Gasteiger partial charge in [-0.25, -0.2) is 0 Å². The van der Waals surface area contributed by atoms with Gasteiger partial charge in [-0.3, -0.25) is 4.99 Å². The maximum atomic E-state index is 5.02. The second-order valence-corrected chi connectivity index (χ2v) is 6.74. The molecule has 0 saturated heterocycles. The zero-order chi connectivity index (χ0) is 16.2. The molecule has 0 saturated carbocycles. The molecule has 1 nitrogen and oxygen atoms in total. The van der Waals surface area contributed by atoms with Crippen LogP contribution in [0.5, 0.6) is 0 Å². The topological polar surface area (TPSA) is 12.4 Å².